The third-order valence-electron chi connectivity index (χ3n) is 1.99. The number of hydrogen-bond acceptors (Lipinski definition) is 5. The van der Waals surface area contributed by atoms with Crippen LogP contribution >= 0.6 is 23.1 Å². The van der Waals surface area contributed by atoms with E-state index in [1.54, 1.807) is 11.3 Å². The summed E-state index contributed by atoms with van der Waals surface area (Å²) in [6.45, 7) is 6.42. The minimum Gasteiger partial charge on any atom is -0.317 e. The van der Waals surface area contributed by atoms with Crippen LogP contribution in [0.3, 0.4) is 0 Å². The summed E-state index contributed by atoms with van der Waals surface area (Å²) in [4.78, 5) is 0. The topological polar surface area (TPSA) is 37.8 Å². The van der Waals surface area contributed by atoms with Crippen LogP contribution in [0.1, 0.15) is 25.3 Å². The van der Waals surface area contributed by atoms with E-state index in [1.165, 1.54) is 0 Å². The average molecular weight is 231 g/mol. The molecule has 3 nitrogen and oxygen atoms in total. The van der Waals surface area contributed by atoms with Crippen LogP contribution in [-0.2, 0) is 0 Å². The molecule has 2 unspecified atom stereocenters. The largest absolute Gasteiger partial charge is 0.317 e. The fourth-order valence-corrected chi connectivity index (χ4v) is 3.44. The number of hydrogen-bond donors (Lipinski definition) is 1. The van der Waals surface area contributed by atoms with E-state index in [4.69, 9.17) is 0 Å². The number of rotatable bonds is 5. The molecule has 5 heteroatoms. The van der Waals surface area contributed by atoms with E-state index in [0.717, 1.165) is 15.8 Å². The van der Waals surface area contributed by atoms with Gasteiger partial charge < -0.3 is 5.32 Å². The van der Waals surface area contributed by atoms with Gasteiger partial charge >= 0.3 is 0 Å². The van der Waals surface area contributed by atoms with E-state index in [0.29, 0.717) is 11.3 Å². The zero-order chi connectivity index (χ0) is 10.6. The zero-order valence-electron chi connectivity index (χ0n) is 9.07. The van der Waals surface area contributed by atoms with E-state index in [9.17, 15) is 0 Å². The van der Waals surface area contributed by atoms with Gasteiger partial charge in [0.15, 0.2) is 4.34 Å². The molecule has 1 aromatic rings. The van der Waals surface area contributed by atoms with Gasteiger partial charge in [-0.3, -0.25) is 0 Å². The average Bonchev–Trinajstić information content (AvgIpc) is 2.50. The van der Waals surface area contributed by atoms with Gasteiger partial charge in [-0.05, 0) is 27.3 Å². The van der Waals surface area contributed by atoms with Crippen LogP contribution in [0.2, 0.25) is 0 Å². The highest BCUT2D eigenvalue weighted by molar-refractivity contribution is 8.01. The SMILES string of the molecule is CNC(C)CC(C)Sc1nnc(C)s1. The number of nitrogens with zero attached hydrogens (tertiary/aromatic N) is 2. The molecule has 1 heterocycles. The highest BCUT2D eigenvalue weighted by Crippen LogP contribution is 2.28. The summed E-state index contributed by atoms with van der Waals surface area (Å²) in [5, 5.41) is 13.0. The molecule has 0 spiro atoms. The summed E-state index contributed by atoms with van der Waals surface area (Å²) < 4.78 is 1.08. The summed E-state index contributed by atoms with van der Waals surface area (Å²) in [6, 6.07) is 0.562. The minimum atomic E-state index is 0.562. The van der Waals surface area contributed by atoms with Crippen molar-refractivity contribution >= 4 is 23.1 Å². The standard InChI is InChI=1S/C9H17N3S2/c1-6(10-4)5-7(2)13-9-12-11-8(3)14-9/h6-7,10H,5H2,1-4H3. The molecule has 0 aliphatic carbocycles. The van der Waals surface area contributed by atoms with Gasteiger partial charge in [0, 0.05) is 11.3 Å². The van der Waals surface area contributed by atoms with E-state index in [1.807, 2.05) is 25.7 Å². The highest BCUT2D eigenvalue weighted by Gasteiger charge is 2.11. The van der Waals surface area contributed by atoms with Crippen molar-refractivity contribution in [3.63, 3.8) is 0 Å². The molecule has 0 aromatic carbocycles. The molecule has 0 saturated carbocycles. The van der Waals surface area contributed by atoms with Crippen molar-refractivity contribution in [3.05, 3.63) is 5.01 Å². The minimum absolute atomic E-state index is 0.562. The molecule has 0 bridgehead atoms. The molecular weight excluding hydrogens is 214 g/mol. The lowest BCUT2D eigenvalue weighted by molar-refractivity contribution is 0.564. The van der Waals surface area contributed by atoms with E-state index in [2.05, 4.69) is 29.4 Å². The van der Waals surface area contributed by atoms with Crippen LogP contribution < -0.4 is 5.32 Å². The molecule has 0 amide bonds. The Hall–Kier alpha value is -0.130. The molecule has 1 aromatic heterocycles. The van der Waals surface area contributed by atoms with E-state index >= 15 is 0 Å². The number of thioether (sulfide) groups is 1. The summed E-state index contributed by atoms with van der Waals surface area (Å²) in [6.07, 6.45) is 1.15. The Labute approximate surface area is 93.7 Å². The predicted molar refractivity (Wildman–Crippen MR) is 63.1 cm³/mol. The Morgan fingerprint density at radius 3 is 2.64 bits per heavy atom. The van der Waals surface area contributed by atoms with E-state index in [-0.39, 0.29) is 0 Å². The zero-order valence-corrected chi connectivity index (χ0v) is 10.7. The quantitative estimate of drug-likeness (QED) is 0.789. The lowest BCUT2D eigenvalue weighted by Crippen LogP contribution is -2.24. The molecule has 0 fully saturated rings. The van der Waals surface area contributed by atoms with Crippen molar-refractivity contribution in [1.82, 2.24) is 15.5 Å². The van der Waals surface area contributed by atoms with Crippen molar-refractivity contribution in [2.75, 3.05) is 7.05 Å². The molecule has 0 aliphatic heterocycles. The molecular formula is C9H17N3S2. The van der Waals surface area contributed by atoms with Crippen molar-refractivity contribution in [3.8, 4) is 0 Å². The third kappa shape index (κ3) is 3.94. The smallest absolute Gasteiger partial charge is 0.174 e. The van der Waals surface area contributed by atoms with Gasteiger partial charge in [-0.1, -0.05) is 30.0 Å². The summed E-state index contributed by atoms with van der Waals surface area (Å²) >= 11 is 3.48. The van der Waals surface area contributed by atoms with Gasteiger partial charge in [-0.2, -0.15) is 0 Å². The van der Waals surface area contributed by atoms with Crippen LogP contribution in [0.4, 0.5) is 0 Å². The number of aryl methyl sites for hydroxylation is 1. The van der Waals surface area contributed by atoms with Gasteiger partial charge in [0.05, 0.1) is 0 Å². The van der Waals surface area contributed by atoms with Crippen molar-refractivity contribution < 1.29 is 0 Å². The first-order valence-electron chi connectivity index (χ1n) is 4.76. The third-order valence-corrected chi connectivity index (χ3v) is 4.04. The Bertz CT molecular complexity index is 275. The second-order valence-electron chi connectivity index (χ2n) is 3.44. The highest BCUT2D eigenvalue weighted by atomic mass is 32.2. The molecule has 2 atom stereocenters. The Morgan fingerprint density at radius 2 is 2.14 bits per heavy atom. The summed E-state index contributed by atoms with van der Waals surface area (Å²) in [7, 11) is 2.00. The lowest BCUT2D eigenvalue weighted by atomic mass is 10.2. The van der Waals surface area contributed by atoms with Gasteiger partial charge in [0.25, 0.3) is 0 Å². The predicted octanol–water partition coefficient (Wildman–Crippen LogP) is 2.33. The fourth-order valence-electron chi connectivity index (χ4n) is 1.16. The summed E-state index contributed by atoms with van der Waals surface area (Å²) in [5.74, 6) is 0. The second-order valence-corrected chi connectivity index (χ2v) is 6.31. The van der Waals surface area contributed by atoms with Crippen LogP contribution in [0.5, 0.6) is 0 Å². The second kappa shape index (κ2) is 5.68. The fraction of sp³-hybridized carbons (Fsp3) is 0.778. The van der Waals surface area contributed by atoms with Gasteiger partial charge in [-0.15, -0.1) is 10.2 Å². The molecule has 0 radical (unpaired) electrons. The van der Waals surface area contributed by atoms with Crippen LogP contribution in [-0.4, -0.2) is 28.5 Å². The van der Waals surface area contributed by atoms with Crippen molar-refractivity contribution in [2.24, 2.45) is 0 Å². The maximum Gasteiger partial charge on any atom is 0.174 e. The first kappa shape index (κ1) is 11.9. The molecule has 80 valence electrons. The monoisotopic (exact) mass is 231 g/mol. The Balaban J connectivity index is 2.37. The summed E-state index contributed by atoms with van der Waals surface area (Å²) in [5.41, 5.74) is 0. The van der Waals surface area contributed by atoms with Gasteiger partial charge in [0.2, 0.25) is 0 Å². The van der Waals surface area contributed by atoms with Crippen molar-refractivity contribution in [2.45, 2.75) is 42.8 Å². The van der Waals surface area contributed by atoms with Crippen LogP contribution in [0, 0.1) is 6.92 Å². The van der Waals surface area contributed by atoms with Crippen LogP contribution in [0.15, 0.2) is 4.34 Å². The normalized spacial score (nSPS) is 15.4. The van der Waals surface area contributed by atoms with Crippen LogP contribution in [0.25, 0.3) is 0 Å². The Kier molecular flexibility index (Phi) is 4.84. The lowest BCUT2D eigenvalue weighted by Gasteiger charge is -2.14. The Morgan fingerprint density at radius 1 is 1.43 bits per heavy atom. The molecule has 14 heavy (non-hydrogen) atoms. The van der Waals surface area contributed by atoms with Gasteiger partial charge in [-0.25, -0.2) is 0 Å². The van der Waals surface area contributed by atoms with Crippen molar-refractivity contribution in [1.29, 1.82) is 0 Å². The molecule has 1 rings (SSSR count). The number of nitrogens with one attached hydrogen (secondary N) is 1. The maximum absolute atomic E-state index is 4.10. The first-order valence-corrected chi connectivity index (χ1v) is 6.45. The molecule has 1 N–H and O–H groups in total. The molecule has 0 aliphatic rings. The van der Waals surface area contributed by atoms with Gasteiger partial charge in [0.1, 0.15) is 5.01 Å². The maximum atomic E-state index is 4.10. The number of aromatic nitrogens is 2. The first-order chi connectivity index (χ1) is 6.61. The molecule has 0 saturated heterocycles. The van der Waals surface area contributed by atoms with E-state index < -0.39 is 0 Å².